The predicted octanol–water partition coefficient (Wildman–Crippen LogP) is 3.70. The molecule has 1 atom stereocenters. The second-order valence-electron chi connectivity index (χ2n) is 7.71. The number of aromatic nitrogens is 2. The van der Waals surface area contributed by atoms with Crippen molar-refractivity contribution in [2.24, 2.45) is 11.3 Å². The Labute approximate surface area is 147 Å². The Kier molecular flexibility index (Phi) is 4.88. The fraction of sp³-hybridized carbons (Fsp3) is 0.526. The molecule has 1 aliphatic rings. The van der Waals surface area contributed by atoms with Gasteiger partial charge in [0.05, 0.1) is 5.56 Å². The third-order valence-electron chi connectivity index (χ3n) is 4.49. The van der Waals surface area contributed by atoms with Gasteiger partial charge in [0.2, 0.25) is 17.6 Å². The summed E-state index contributed by atoms with van der Waals surface area (Å²) in [5.74, 6) is 0.859. The van der Waals surface area contributed by atoms with Crippen LogP contribution in [-0.4, -0.2) is 34.0 Å². The summed E-state index contributed by atoms with van der Waals surface area (Å²) in [6.45, 7) is 7.33. The van der Waals surface area contributed by atoms with Gasteiger partial charge in [-0.25, -0.2) is 4.39 Å². The summed E-state index contributed by atoms with van der Waals surface area (Å²) in [4.78, 5) is 18.7. The Morgan fingerprint density at radius 2 is 2.12 bits per heavy atom. The number of amides is 1. The normalized spacial score (nSPS) is 18.4. The van der Waals surface area contributed by atoms with Gasteiger partial charge in [-0.2, -0.15) is 4.98 Å². The zero-order chi connectivity index (χ0) is 18.0. The lowest BCUT2D eigenvalue weighted by molar-refractivity contribution is -0.141. The summed E-state index contributed by atoms with van der Waals surface area (Å²) >= 11 is 0. The van der Waals surface area contributed by atoms with Crippen molar-refractivity contribution in [3.05, 3.63) is 36.0 Å². The van der Waals surface area contributed by atoms with E-state index < -0.39 is 0 Å². The van der Waals surface area contributed by atoms with E-state index in [2.05, 4.69) is 10.1 Å². The van der Waals surface area contributed by atoms with E-state index in [-0.39, 0.29) is 28.9 Å². The van der Waals surface area contributed by atoms with Gasteiger partial charge in [0.15, 0.2) is 0 Å². The Hall–Kier alpha value is -2.24. The van der Waals surface area contributed by atoms with Gasteiger partial charge in [-0.15, -0.1) is 0 Å². The first-order valence-corrected chi connectivity index (χ1v) is 8.71. The zero-order valence-electron chi connectivity index (χ0n) is 15.0. The molecule has 5 nitrogen and oxygen atoms in total. The molecule has 1 aromatic heterocycles. The maximum Gasteiger partial charge on any atom is 0.227 e. The Morgan fingerprint density at radius 1 is 1.36 bits per heavy atom. The molecule has 1 aromatic carbocycles. The van der Waals surface area contributed by atoms with Crippen LogP contribution in [-0.2, 0) is 11.2 Å². The van der Waals surface area contributed by atoms with Crippen LogP contribution in [0.25, 0.3) is 11.4 Å². The van der Waals surface area contributed by atoms with Crippen molar-refractivity contribution < 1.29 is 13.7 Å². The minimum Gasteiger partial charge on any atom is -0.342 e. The first-order valence-electron chi connectivity index (χ1n) is 8.71. The molecule has 1 amide bonds. The molecule has 2 heterocycles. The SMILES string of the molecule is CC(C)(C)C(=O)N1CCCC(Cc2nc(-c3ccccc3F)no2)C1. The van der Waals surface area contributed by atoms with Gasteiger partial charge in [0.25, 0.3) is 0 Å². The quantitative estimate of drug-likeness (QED) is 0.851. The van der Waals surface area contributed by atoms with Crippen molar-refractivity contribution >= 4 is 5.91 Å². The molecule has 25 heavy (non-hydrogen) atoms. The van der Waals surface area contributed by atoms with E-state index in [1.165, 1.54) is 6.07 Å². The molecule has 0 bridgehead atoms. The fourth-order valence-electron chi connectivity index (χ4n) is 3.23. The molecule has 1 saturated heterocycles. The monoisotopic (exact) mass is 345 g/mol. The molecule has 3 rings (SSSR count). The molecule has 0 aliphatic carbocycles. The third kappa shape index (κ3) is 4.06. The number of carbonyl (C=O) groups excluding carboxylic acids is 1. The van der Waals surface area contributed by atoms with E-state index in [1.54, 1.807) is 18.2 Å². The largest absolute Gasteiger partial charge is 0.342 e. The zero-order valence-corrected chi connectivity index (χ0v) is 15.0. The lowest BCUT2D eigenvalue weighted by Crippen LogP contribution is -2.45. The first-order chi connectivity index (χ1) is 11.8. The van der Waals surface area contributed by atoms with Gasteiger partial charge < -0.3 is 9.42 Å². The van der Waals surface area contributed by atoms with Gasteiger partial charge in [-0.3, -0.25) is 4.79 Å². The number of nitrogens with zero attached hydrogens (tertiary/aromatic N) is 3. The van der Waals surface area contributed by atoms with Crippen molar-refractivity contribution in [1.29, 1.82) is 0 Å². The van der Waals surface area contributed by atoms with E-state index in [1.807, 2.05) is 25.7 Å². The topological polar surface area (TPSA) is 59.2 Å². The van der Waals surface area contributed by atoms with Crippen LogP contribution < -0.4 is 0 Å². The molecule has 134 valence electrons. The van der Waals surface area contributed by atoms with Crippen molar-refractivity contribution in [2.45, 2.75) is 40.0 Å². The van der Waals surface area contributed by atoms with Crippen LogP contribution >= 0.6 is 0 Å². The second kappa shape index (κ2) is 6.94. The number of likely N-dealkylation sites (tertiary alicyclic amines) is 1. The molecule has 0 N–H and O–H groups in total. The molecular formula is C19H24FN3O2. The van der Waals surface area contributed by atoms with E-state index in [0.717, 1.165) is 19.4 Å². The van der Waals surface area contributed by atoms with E-state index in [9.17, 15) is 9.18 Å². The molecule has 1 unspecified atom stereocenters. The number of hydrogen-bond acceptors (Lipinski definition) is 4. The summed E-state index contributed by atoms with van der Waals surface area (Å²) in [6.07, 6.45) is 2.60. The lowest BCUT2D eigenvalue weighted by Gasteiger charge is -2.36. The number of piperidine rings is 1. The highest BCUT2D eigenvalue weighted by molar-refractivity contribution is 5.81. The molecule has 0 saturated carbocycles. The molecule has 1 fully saturated rings. The maximum absolute atomic E-state index is 13.8. The van der Waals surface area contributed by atoms with Crippen LogP contribution in [0.2, 0.25) is 0 Å². The lowest BCUT2D eigenvalue weighted by atomic mass is 9.90. The standard InChI is InChI=1S/C19H24FN3O2/c1-19(2,3)18(24)23-10-6-7-13(12-23)11-16-21-17(22-25-16)14-8-4-5-9-15(14)20/h4-5,8-9,13H,6-7,10-12H2,1-3H3. The molecule has 0 radical (unpaired) electrons. The number of halogens is 1. The molecule has 0 spiro atoms. The van der Waals surface area contributed by atoms with Crippen LogP contribution in [0.15, 0.2) is 28.8 Å². The number of rotatable bonds is 3. The minimum absolute atomic E-state index is 0.176. The van der Waals surface area contributed by atoms with E-state index in [0.29, 0.717) is 24.4 Å². The minimum atomic E-state index is -0.371. The molecule has 6 heteroatoms. The third-order valence-corrected chi connectivity index (χ3v) is 4.49. The average molecular weight is 345 g/mol. The summed E-state index contributed by atoms with van der Waals surface area (Å²) in [7, 11) is 0. The number of carbonyl (C=O) groups is 1. The highest BCUT2D eigenvalue weighted by Gasteiger charge is 2.31. The fourth-order valence-corrected chi connectivity index (χ4v) is 3.23. The van der Waals surface area contributed by atoms with E-state index in [4.69, 9.17) is 4.52 Å². The maximum atomic E-state index is 13.8. The van der Waals surface area contributed by atoms with Crippen molar-refractivity contribution in [1.82, 2.24) is 15.0 Å². The number of hydrogen-bond donors (Lipinski definition) is 0. The summed E-state index contributed by atoms with van der Waals surface area (Å²) < 4.78 is 19.1. The first kappa shape index (κ1) is 17.6. The van der Waals surface area contributed by atoms with Crippen LogP contribution in [0.1, 0.15) is 39.5 Å². The van der Waals surface area contributed by atoms with Crippen molar-refractivity contribution in [3.63, 3.8) is 0 Å². The molecule has 2 aromatic rings. The van der Waals surface area contributed by atoms with Crippen molar-refractivity contribution in [2.75, 3.05) is 13.1 Å². The number of benzene rings is 1. The Bertz CT molecular complexity index is 751. The summed E-state index contributed by atoms with van der Waals surface area (Å²) in [5.41, 5.74) is -0.0321. The van der Waals surface area contributed by atoms with E-state index >= 15 is 0 Å². The Balaban J connectivity index is 1.67. The van der Waals surface area contributed by atoms with Crippen LogP contribution in [0.3, 0.4) is 0 Å². The van der Waals surface area contributed by atoms with Gasteiger partial charge in [0.1, 0.15) is 5.82 Å². The van der Waals surface area contributed by atoms with Crippen LogP contribution in [0.4, 0.5) is 4.39 Å². The molecular weight excluding hydrogens is 321 g/mol. The van der Waals surface area contributed by atoms with Gasteiger partial charge in [0, 0.05) is 24.9 Å². The highest BCUT2D eigenvalue weighted by Crippen LogP contribution is 2.26. The highest BCUT2D eigenvalue weighted by atomic mass is 19.1. The van der Waals surface area contributed by atoms with Crippen molar-refractivity contribution in [3.8, 4) is 11.4 Å². The van der Waals surface area contributed by atoms with Gasteiger partial charge >= 0.3 is 0 Å². The van der Waals surface area contributed by atoms with Crippen LogP contribution in [0, 0.1) is 17.2 Å². The van der Waals surface area contributed by atoms with Gasteiger partial charge in [-0.05, 0) is 30.9 Å². The molecule has 1 aliphatic heterocycles. The van der Waals surface area contributed by atoms with Gasteiger partial charge in [-0.1, -0.05) is 38.1 Å². The Morgan fingerprint density at radius 3 is 2.84 bits per heavy atom. The summed E-state index contributed by atoms with van der Waals surface area (Å²) in [6, 6.07) is 6.38. The summed E-state index contributed by atoms with van der Waals surface area (Å²) in [5, 5.41) is 3.90. The predicted molar refractivity (Wildman–Crippen MR) is 92.2 cm³/mol. The average Bonchev–Trinajstić information content (AvgIpc) is 3.02. The second-order valence-corrected chi connectivity index (χ2v) is 7.71. The smallest absolute Gasteiger partial charge is 0.227 e. The van der Waals surface area contributed by atoms with Crippen LogP contribution in [0.5, 0.6) is 0 Å².